The van der Waals surface area contributed by atoms with Crippen LogP contribution >= 0.6 is 22.9 Å². The number of hydrogen-bond donors (Lipinski definition) is 2. The van der Waals surface area contributed by atoms with Crippen molar-refractivity contribution in [2.75, 3.05) is 10.6 Å². The van der Waals surface area contributed by atoms with Gasteiger partial charge in [0.15, 0.2) is 0 Å². The van der Waals surface area contributed by atoms with Crippen molar-refractivity contribution in [2.24, 2.45) is 4.99 Å². The zero-order chi connectivity index (χ0) is 22.8. The van der Waals surface area contributed by atoms with Gasteiger partial charge in [-0.15, -0.1) is 11.3 Å². The van der Waals surface area contributed by atoms with Crippen LogP contribution < -0.4 is 15.4 Å². The number of anilines is 3. The number of aliphatic imine (C=N–C) groups is 1. The second-order valence-corrected chi connectivity index (χ2v) is 8.95. The monoisotopic (exact) mass is 480 g/mol. The summed E-state index contributed by atoms with van der Waals surface area (Å²) in [5.41, 5.74) is 2.43. The lowest BCUT2D eigenvalue weighted by atomic mass is 10.2. The van der Waals surface area contributed by atoms with Gasteiger partial charge in [0, 0.05) is 28.3 Å². The fraction of sp³-hybridized carbons (Fsp3) is 0.217. The summed E-state index contributed by atoms with van der Waals surface area (Å²) in [6.07, 6.45) is 3.32. The number of rotatable bonds is 6. The average Bonchev–Trinajstić information content (AvgIpc) is 3.43. The van der Waals surface area contributed by atoms with Gasteiger partial charge in [-0.1, -0.05) is 11.6 Å². The minimum absolute atomic E-state index is 0.0480. The van der Waals surface area contributed by atoms with Gasteiger partial charge in [0.25, 0.3) is 6.02 Å². The van der Waals surface area contributed by atoms with Crippen molar-refractivity contribution in [3.05, 3.63) is 64.3 Å². The van der Waals surface area contributed by atoms with E-state index >= 15 is 0 Å². The molecule has 0 amide bonds. The van der Waals surface area contributed by atoms with Crippen LogP contribution in [0.25, 0.3) is 10.9 Å². The van der Waals surface area contributed by atoms with Gasteiger partial charge in [0.1, 0.15) is 35.6 Å². The third kappa shape index (κ3) is 4.84. The van der Waals surface area contributed by atoms with Crippen LogP contribution in [-0.2, 0) is 11.3 Å². The number of nitrogens with zero attached hydrogens (tertiary/aromatic N) is 4. The molecule has 0 radical (unpaired) electrons. The number of thiazole rings is 1. The summed E-state index contributed by atoms with van der Waals surface area (Å²) in [7, 11) is 0. The number of hydrogen-bond acceptors (Lipinski definition) is 9. The fourth-order valence-corrected chi connectivity index (χ4v) is 4.07. The number of halogens is 1. The molecule has 2 atom stereocenters. The number of nitrogens with one attached hydrogen (secondary N) is 2. The molecule has 8 nitrogen and oxygen atoms in total. The Balaban J connectivity index is 1.35. The van der Waals surface area contributed by atoms with Gasteiger partial charge in [-0.05, 0) is 50.2 Å². The summed E-state index contributed by atoms with van der Waals surface area (Å²) < 4.78 is 11.5. The number of ether oxygens (including phenoxy) is 2. The van der Waals surface area contributed by atoms with E-state index in [4.69, 9.17) is 21.1 Å². The normalized spacial score (nSPS) is 17.5. The Morgan fingerprint density at radius 1 is 1.06 bits per heavy atom. The van der Waals surface area contributed by atoms with E-state index in [9.17, 15) is 0 Å². The summed E-state index contributed by atoms with van der Waals surface area (Å²) in [4.78, 5) is 17.5. The van der Waals surface area contributed by atoms with Crippen molar-refractivity contribution < 1.29 is 9.47 Å². The maximum Gasteiger partial charge on any atom is 0.289 e. The molecule has 5 rings (SSSR count). The molecule has 0 bridgehead atoms. The maximum atomic E-state index is 6.45. The van der Waals surface area contributed by atoms with Gasteiger partial charge in [-0.2, -0.15) is 0 Å². The Labute approximate surface area is 199 Å². The fourth-order valence-electron chi connectivity index (χ4n) is 3.31. The molecular formula is C23H21ClN6O2S. The van der Waals surface area contributed by atoms with Gasteiger partial charge < -0.3 is 20.1 Å². The summed E-state index contributed by atoms with van der Waals surface area (Å²) in [5, 5.41) is 10.7. The molecule has 168 valence electrons. The minimum atomic E-state index is 0.0480. The van der Waals surface area contributed by atoms with E-state index in [1.54, 1.807) is 12.3 Å². The number of aromatic nitrogens is 3. The molecule has 3 heterocycles. The summed E-state index contributed by atoms with van der Waals surface area (Å²) in [6.45, 7) is 4.40. The van der Waals surface area contributed by atoms with E-state index in [0.29, 0.717) is 29.2 Å². The van der Waals surface area contributed by atoms with Crippen molar-refractivity contribution in [1.82, 2.24) is 15.0 Å². The van der Waals surface area contributed by atoms with Crippen LogP contribution in [0.5, 0.6) is 5.75 Å². The largest absolute Gasteiger partial charge is 0.485 e. The van der Waals surface area contributed by atoms with Crippen LogP contribution in [-0.4, -0.2) is 33.1 Å². The zero-order valence-electron chi connectivity index (χ0n) is 17.9. The molecule has 0 saturated carbocycles. The predicted octanol–water partition coefficient (Wildman–Crippen LogP) is 5.64. The molecular weight excluding hydrogens is 460 g/mol. The first-order chi connectivity index (χ1) is 16.0. The van der Waals surface area contributed by atoms with Crippen molar-refractivity contribution in [3.8, 4) is 5.75 Å². The number of amidine groups is 1. The molecule has 0 fully saturated rings. The van der Waals surface area contributed by atoms with Gasteiger partial charge in [0.2, 0.25) is 0 Å². The smallest absolute Gasteiger partial charge is 0.289 e. The molecule has 0 unspecified atom stereocenters. The molecule has 4 aromatic rings. The predicted molar refractivity (Wildman–Crippen MR) is 132 cm³/mol. The first-order valence-electron chi connectivity index (χ1n) is 10.4. The number of benzene rings is 2. The summed E-state index contributed by atoms with van der Waals surface area (Å²) in [5.74, 6) is 1.25. The van der Waals surface area contributed by atoms with Gasteiger partial charge in [-0.25, -0.2) is 19.9 Å². The Hall–Kier alpha value is -3.43. The van der Waals surface area contributed by atoms with E-state index in [1.165, 1.54) is 17.7 Å². The number of fused-ring (bicyclic) bond motifs is 1. The second kappa shape index (κ2) is 9.21. The molecule has 33 heavy (non-hydrogen) atoms. The lowest BCUT2D eigenvalue weighted by Gasteiger charge is -2.13. The highest BCUT2D eigenvalue weighted by molar-refractivity contribution is 7.09. The standard InChI is InChI=1S/C23H21ClN6O2S/c1-13-14(2)32-23(28-13)30-15-3-5-19-17(9-15)22(27-12-26-19)29-16-4-6-20(18(24)10-16)31-11-21-25-7-8-33-21/h3-10,12-14H,11H2,1-2H3,(H,28,30)(H,26,27,29)/t13-,14+/m1/s1. The molecule has 2 aromatic heterocycles. The molecule has 10 heteroatoms. The van der Waals surface area contributed by atoms with Crippen LogP contribution in [0, 0.1) is 0 Å². The molecule has 0 saturated heterocycles. The SMILES string of the molecule is C[C@@H]1OC(Nc2ccc3ncnc(Nc4ccc(OCc5nccs5)c(Cl)c4)c3c2)=N[C@@H]1C. The quantitative estimate of drug-likeness (QED) is 0.369. The van der Waals surface area contributed by atoms with Crippen molar-refractivity contribution in [3.63, 3.8) is 0 Å². The Morgan fingerprint density at radius 3 is 2.67 bits per heavy atom. The third-order valence-electron chi connectivity index (χ3n) is 5.21. The van der Waals surface area contributed by atoms with Gasteiger partial charge >= 0.3 is 0 Å². The summed E-state index contributed by atoms with van der Waals surface area (Å²) >= 11 is 7.99. The van der Waals surface area contributed by atoms with Gasteiger partial charge in [0.05, 0.1) is 16.6 Å². The van der Waals surface area contributed by atoms with Crippen molar-refractivity contribution >= 4 is 57.1 Å². The molecule has 1 aliphatic rings. The molecule has 1 aliphatic heterocycles. The van der Waals surface area contributed by atoms with Crippen molar-refractivity contribution in [2.45, 2.75) is 32.6 Å². The van der Waals surface area contributed by atoms with E-state index in [1.807, 2.05) is 49.6 Å². The lowest BCUT2D eigenvalue weighted by Crippen LogP contribution is -2.17. The maximum absolute atomic E-state index is 6.45. The van der Waals surface area contributed by atoms with Crippen molar-refractivity contribution in [1.29, 1.82) is 0 Å². The molecule has 2 N–H and O–H groups in total. The summed E-state index contributed by atoms with van der Waals surface area (Å²) in [6, 6.07) is 12.0. The zero-order valence-corrected chi connectivity index (χ0v) is 19.5. The van der Waals surface area contributed by atoms with Crippen LogP contribution in [0.1, 0.15) is 18.9 Å². The highest BCUT2D eigenvalue weighted by atomic mass is 35.5. The average molecular weight is 481 g/mol. The first kappa shape index (κ1) is 21.4. The van der Waals surface area contributed by atoms with E-state index in [2.05, 4.69) is 30.6 Å². The third-order valence-corrected chi connectivity index (χ3v) is 6.26. The topological polar surface area (TPSA) is 93.5 Å². The van der Waals surface area contributed by atoms with E-state index < -0.39 is 0 Å². The highest BCUT2D eigenvalue weighted by Crippen LogP contribution is 2.32. The molecule has 0 spiro atoms. The van der Waals surface area contributed by atoms with Crippen LogP contribution in [0.4, 0.5) is 17.2 Å². The first-order valence-corrected chi connectivity index (χ1v) is 11.6. The minimum Gasteiger partial charge on any atom is -0.485 e. The van der Waals surface area contributed by atoms with Crippen LogP contribution in [0.3, 0.4) is 0 Å². The van der Waals surface area contributed by atoms with E-state index in [-0.39, 0.29) is 12.1 Å². The molecule has 2 aromatic carbocycles. The van der Waals surface area contributed by atoms with Crippen LogP contribution in [0.15, 0.2) is 59.3 Å². The molecule has 0 aliphatic carbocycles. The Kier molecular flexibility index (Phi) is 5.97. The highest BCUT2D eigenvalue weighted by Gasteiger charge is 2.23. The Bertz CT molecular complexity index is 1310. The lowest BCUT2D eigenvalue weighted by molar-refractivity contribution is 0.218. The second-order valence-electron chi connectivity index (χ2n) is 7.56. The van der Waals surface area contributed by atoms with E-state index in [0.717, 1.165) is 27.3 Å². The van der Waals surface area contributed by atoms with Gasteiger partial charge in [-0.3, -0.25) is 0 Å². The Morgan fingerprint density at radius 2 is 1.91 bits per heavy atom. The van der Waals surface area contributed by atoms with Crippen LogP contribution in [0.2, 0.25) is 5.02 Å².